The first-order valence-corrected chi connectivity index (χ1v) is 15.0. The van der Waals surface area contributed by atoms with Crippen molar-refractivity contribution in [2.75, 3.05) is 25.4 Å². The smallest absolute Gasteiger partial charge is 0.246 e. The van der Waals surface area contributed by atoms with E-state index in [1.807, 2.05) is 60.5 Å². The Morgan fingerprint density at radius 1 is 1.02 bits per heavy atom. The highest BCUT2D eigenvalue weighted by Crippen LogP contribution is 2.31. The Bertz CT molecular complexity index is 1660. The van der Waals surface area contributed by atoms with Crippen LogP contribution in [-0.2, 0) is 33.8 Å². The number of aromatic nitrogens is 2. The molecule has 1 aromatic heterocycles. The third kappa shape index (κ3) is 5.70. The van der Waals surface area contributed by atoms with Gasteiger partial charge in [0.1, 0.15) is 18.0 Å². The number of hydrazine groups is 1. The number of rotatable bonds is 9. The van der Waals surface area contributed by atoms with Gasteiger partial charge >= 0.3 is 0 Å². The van der Waals surface area contributed by atoms with E-state index in [1.165, 1.54) is 0 Å². The number of nitrogens with one attached hydrogen (secondary N) is 1. The molecule has 44 heavy (non-hydrogen) atoms. The normalized spacial score (nSPS) is 19.1. The number of phenolic OH excluding ortho intramolecular Hbond substituents is 1. The fourth-order valence-corrected chi connectivity index (χ4v) is 6.37. The number of fused-ring (bicyclic) bond motifs is 2. The quantitative estimate of drug-likeness (QED) is 0.270. The first kappa shape index (κ1) is 29.2. The number of aromatic hydroxyl groups is 1. The highest BCUT2D eigenvalue weighted by Gasteiger charge is 2.51. The second-order valence-electron chi connectivity index (χ2n) is 11.4. The molecule has 0 radical (unpaired) electrons. The van der Waals surface area contributed by atoms with Crippen molar-refractivity contribution in [2.24, 2.45) is 0 Å². The molecule has 11 nitrogen and oxygen atoms in total. The topological polar surface area (TPSA) is 139 Å². The van der Waals surface area contributed by atoms with Gasteiger partial charge in [-0.3, -0.25) is 24.5 Å². The van der Waals surface area contributed by atoms with Crippen molar-refractivity contribution in [1.82, 2.24) is 30.0 Å². The van der Waals surface area contributed by atoms with Crippen molar-refractivity contribution in [1.29, 1.82) is 0 Å². The molecule has 0 unspecified atom stereocenters. The van der Waals surface area contributed by atoms with Crippen molar-refractivity contribution in [3.05, 3.63) is 89.5 Å². The number of nitrogens with zero attached hydrogens (tertiary/aromatic N) is 5. The van der Waals surface area contributed by atoms with Gasteiger partial charge in [-0.05, 0) is 47.7 Å². The van der Waals surface area contributed by atoms with Crippen LogP contribution in [0.5, 0.6) is 5.75 Å². The number of para-hydroxylation sites is 1. The van der Waals surface area contributed by atoms with E-state index in [0.29, 0.717) is 18.8 Å². The minimum absolute atomic E-state index is 0.0213. The molecule has 0 bridgehead atoms. The number of H-pyrrole nitrogens is 1. The number of aryl methyl sites for hydroxylation is 1. The summed E-state index contributed by atoms with van der Waals surface area (Å²) in [6.07, 6.45) is 1.17. The van der Waals surface area contributed by atoms with Crippen molar-refractivity contribution in [3.8, 4) is 5.75 Å². The number of aromatic amines is 1. The Morgan fingerprint density at radius 2 is 1.80 bits per heavy atom. The van der Waals surface area contributed by atoms with Crippen LogP contribution in [0.25, 0.3) is 10.9 Å². The van der Waals surface area contributed by atoms with Gasteiger partial charge in [0.05, 0.1) is 18.6 Å². The predicted octanol–water partition coefficient (Wildman–Crippen LogP) is 3.06. The third-order valence-corrected chi connectivity index (χ3v) is 8.48. The molecule has 0 aliphatic carbocycles. The van der Waals surface area contributed by atoms with E-state index in [-0.39, 0.29) is 55.9 Å². The summed E-state index contributed by atoms with van der Waals surface area (Å²) in [4.78, 5) is 45.5. The summed E-state index contributed by atoms with van der Waals surface area (Å²) in [7, 11) is 0. The van der Waals surface area contributed by atoms with Crippen LogP contribution in [0.15, 0.2) is 72.8 Å². The summed E-state index contributed by atoms with van der Waals surface area (Å²) >= 11 is 0. The molecule has 2 saturated heterocycles. The van der Waals surface area contributed by atoms with Gasteiger partial charge in [0.15, 0.2) is 5.82 Å². The Hall–Kier alpha value is -4.90. The Morgan fingerprint density at radius 3 is 2.55 bits per heavy atom. The van der Waals surface area contributed by atoms with Gasteiger partial charge in [-0.15, -0.1) is 0 Å². The Balaban J connectivity index is 1.36. The van der Waals surface area contributed by atoms with Crippen LogP contribution in [0.2, 0.25) is 0 Å². The monoisotopic (exact) mass is 595 g/mol. The zero-order valence-electron chi connectivity index (χ0n) is 24.7. The molecule has 11 heteroatoms. The number of anilines is 1. The number of nitrogens with two attached hydrogens (primary N) is 1. The van der Waals surface area contributed by atoms with Crippen molar-refractivity contribution >= 4 is 34.4 Å². The number of hydrogen-bond donors (Lipinski definition) is 3. The van der Waals surface area contributed by atoms with Crippen LogP contribution in [0, 0.1) is 0 Å². The van der Waals surface area contributed by atoms with Gasteiger partial charge in [-0.25, -0.2) is 5.01 Å². The molecule has 2 aliphatic rings. The highest BCUT2D eigenvalue weighted by atomic mass is 16.3. The lowest BCUT2D eigenvalue weighted by Crippen LogP contribution is -2.76. The number of amides is 3. The number of carbonyl (C=O) groups is 3. The van der Waals surface area contributed by atoms with Crippen LogP contribution in [0.1, 0.15) is 36.5 Å². The second kappa shape index (κ2) is 12.4. The number of hydrogen-bond acceptors (Lipinski definition) is 7. The summed E-state index contributed by atoms with van der Waals surface area (Å²) in [5.74, 6) is 0.0237. The molecule has 0 spiro atoms. The molecule has 0 saturated carbocycles. The number of phenols is 1. The average molecular weight is 596 g/mol. The van der Waals surface area contributed by atoms with Crippen LogP contribution in [0.3, 0.4) is 0 Å². The molecule has 2 aliphatic heterocycles. The molecule has 3 amide bonds. The van der Waals surface area contributed by atoms with E-state index in [4.69, 9.17) is 5.73 Å². The minimum Gasteiger partial charge on any atom is -0.508 e. The number of carbonyl (C=O) groups excluding carboxylic acids is 3. The third-order valence-electron chi connectivity index (χ3n) is 8.48. The van der Waals surface area contributed by atoms with Gasteiger partial charge in [0.2, 0.25) is 17.7 Å². The largest absolute Gasteiger partial charge is 0.508 e. The van der Waals surface area contributed by atoms with Crippen molar-refractivity contribution < 1.29 is 19.5 Å². The van der Waals surface area contributed by atoms with Gasteiger partial charge in [0, 0.05) is 31.3 Å². The summed E-state index contributed by atoms with van der Waals surface area (Å²) < 4.78 is 0. The maximum Gasteiger partial charge on any atom is 0.246 e. The maximum absolute atomic E-state index is 14.3. The highest BCUT2D eigenvalue weighted by molar-refractivity contribution is 5.93. The van der Waals surface area contributed by atoms with Crippen LogP contribution < -0.4 is 5.73 Å². The molecule has 3 aromatic carbocycles. The zero-order valence-corrected chi connectivity index (χ0v) is 24.7. The lowest BCUT2D eigenvalue weighted by Gasteiger charge is -2.55. The molecular weight excluding hydrogens is 558 g/mol. The molecule has 6 rings (SSSR count). The molecule has 228 valence electrons. The molecule has 4 N–H and O–H groups in total. The number of nitrogen functional groups attached to an aromatic ring is 1. The molecule has 4 aromatic rings. The van der Waals surface area contributed by atoms with Crippen molar-refractivity contribution in [2.45, 2.75) is 51.4 Å². The van der Waals surface area contributed by atoms with Crippen LogP contribution >= 0.6 is 0 Å². The van der Waals surface area contributed by atoms with Crippen LogP contribution in [-0.4, -0.2) is 84.7 Å². The Labute approximate surface area is 255 Å². The first-order valence-electron chi connectivity index (χ1n) is 15.0. The second-order valence-corrected chi connectivity index (χ2v) is 11.4. The summed E-state index contributed by atoms with van der Waals surface area (Å²) in [5, 5.41) is 21.3. The maximum atomic E-state index is 14.3. The van der Waals surface area contributed by atoms with E-state index in [1.54, 1.807) is 39.1 Å². The summed E-state index contributed by atoms with van der Waals surface area (Å²) in [6, 6.07) is 21.4. The standard InChI is InChI=1S/C33H37N7O4/c1-2-17-38-21-30(43)39-27(18-23-11-14-25(41)15-12-23)33(44)37(19-24-9-6-10-26-31(24)35-36-32(26)34)20-28(39)40(38)29(42)16-13-22-7-4-3-5-8-22/h3-12,14-15,27-28,41H,2,13,16-21H2,1H3,(H3,34,35,36)/t27-,28-/m0/s1. The zero-order chi connectivity index (χ0) is 30.8. The first-order chi connectivity index (χ1) is 21.3. The molecular formula is C33H37N7O4. The van der Waals surface area contributed by atoms with E-state index in [2.05, 4.69) is 10.2 Å². The predicted molar refractivity (Wildman–Crippen MR) is 166 cm³/mol. The molecule has 2 fully saturated rings. The molecule has 2 atom stereocenters. The fourth-order valence-electron chi connectivity index (χ4n) is 6.37. The lowest BCUT2D eigenvalue weighted by atomic mass is 9.97. The van der Waals surface area contributed by atoms with Gasteiger partial charge < -0.3 is 20.6 Å². The average Bonchev–Trinajstić information content (AvgIpc) is 3.41. The number of benzene rings is 3. The lowest BCUT2D eigenvalue weighted by molar-refractivity contribution is -0.207. The van der Waals surface area contributed by atoms with Crippen molar-refractivity contribution in [3.63, 3.8) is 0 Å². The fraction of sp³-hybridized carbons (Fsp3) is 0.333. The number of piperazine rings is 1. The van der Waals surface area contributed by atoms with E-state index in [9.17, 15) is 19.5 Å². The summed E-state index contributed by atoms with van der Waals surface area (Å²) in [6.45, 7) is 2.99. The van der Waals surface area contributed by atoms with Gasteiger partial charge in [-0.2, -0.15) is 5.10 Å². The Kier molecular flexibility index (Phi) is 8.21. The summed E-state index contributed by atoms with van der Waals surface area (Å²) in [5.41, 5.74) is 9.51. The van der Waals surface area contributed by atoms with Gasteiger partial charge in [-0.1, -0.05) is 61.5 Å². The van der Waals surface area contributed by atoms with E-state index >= 15 is 0 Å². The van der Waals surface area contributed by atoms with Crippen LogP contribution in [0.4, 0.5) is 5.82 Å². The van der Waals surface area contributed by atoms with E-state index in [0.717, 1.165) is 34.0 Å². The SMILES string of the molecule is CCCN1CC(=O)N2[C@@H](Cc3ccc(O)cc3)C(=O)N(Cc3cccc4c(N)n[nH]c34)C[C@@H]2N1C(=O)CCc1ccccc1. The molecule has 3 heterocycles. The minimum atomic E-state index is -0.829. The van der Waals surface area contributed by atoms with Gasteiger partial charge in [0.25, 0.3) is 0 Å². The van der Waals surface area contributed by atoms with E-state index < -0.39 is 12.2 Å².